The normalized spacial score (nSPS) is 23.9. The van der Waals surface area contributed by atoms with Gasteiger partial charge in [-0.05, 0) is 25.4 Å². The molecule has 1 saturated heterocycles. The van der Waals surface area contributed by atoms with Crippen LogP contribution in [0.3, 0.4) is 0 Å². The van der Waals surface area contributed by atoms with Gasteiger partial charge in [0.15, 0.2) is 0 Å². The molecule has 1 aliphatic rings. The van der Waals surface area contributed by atoms with E-state index in [1.807, 2.05) is 11.7 Å². The van der Waals surface area contributed by atoms with E-state index in [4.69, 9.17) is 5.73 Å². The van der Waals surface area contributed by atoms with Gasteiger partial charge in [0.05, 0.1) is 5.51 Å². The largest absolute Gasteiger partial charge is 0.330 e. The maximum atomic E-state index is 5.63. The molecule has 0 unspecified atom stereocenters. The van der Waals surface area contributed by atoms with Crippen molar-refractivity contribution in [2.75, 3.05) is 19.6 Å². The monoisotopic (exact) mass is 197 g/mol. The Balaban J connectivity index is 1.84. The van der Waals surface area contributed by atoms with E-state index in [-0.39, 0.29) is 0 Å². The lowest BCUT2D eigenvalue weighted by Crippen LogP contribution is -2.22. The van der Waals surface area contributed by atoms with Crippen molar-refractivity contribution < 1.29 is 0 Å². The first kappa shape index (κ1) is 9.12. The van der Waals surface area contributed by atoms with E-state index in [0.29, 0.717) is 5.92 Å². The first-order valence-electron chi connectivity index (χ1n) is 4.68. The summed E-state index contributed by atoms with van der Waals surface area (Å²) in [5.74, 6) is 0.716. The summed E-state index contributed by atoms with van der Waals surface area (Å²) >= 11 is 1.73. The lowest BCUT2D eigenvalue weighted by Gasteiger charge is -2.13. The molecule has 1 fully saturated rings. The Hall–Kier alpha value is -0.450. The van der Waals surface area contributed by atoms with Gasteiger partial charge in [0, 0.05) is 24.2 Å². The molecule has 0 spiro atoms. The van der Waals surface area contributed by atoms with Crippen molar-refractivity contribution >= 4 is 11.3 Å². The Morgan fingerprint density at radius 2 is 2.62 bits per heavy atom. The van der Waals surface area contributed by atoms with Crippen molar-refractivity contribution in [3.8, 4) is 0 Å². The molecule has 0 bridgehead atoms. The first-order valence-corrected chi connectivity index (χ1v) is 5.56. The fourth-order valence-electron chi connectivity index (χ4n) is 1.79. The molecule has 0 aliphatic carbocycles. The molecular formula is C9H15N3S. The van der Waals surface area contributed by atoms with Crippen molar-refractivity contribution in [1.29, 1.82) is 0 Å². The smallest absolute Gasteiger partial charge is 0.0794 e. The fraction of sp³-hybridized carbons (Fsp3) is 0.667. The number of thiazole rings is 1. The highest BCUT2D eigenvalue weighted by Gasteiger charge is 2.21. The van der Waals surface area contributed by atoms with Crippen LogP contribution in [-0.4, -0.2) is 29.5 Å². The zero-order valence-electron chi connectivity index (χ0n) is 7.65. The van der Waals surface area contributed by atoms with Gasteiger partial charge in [-0.3, -0.25) is 9.88 Å². The van der Waals surface area contributed by atoms with Crippen LogP contribution in [0.5, 0.6) is 0 Å². The van der Waals surface area contributed by atoms with E-state index in [2.05, 4.69) is 9.88 Å². The van der Waals surface area contributed by atoms with Crippen LogP contribution in [0.25, 0.3) is 0 Å². The van der Waals surface area contributed by atoms with Gasteiger partial charge in [-0.2, -0.15) is 0 Å². The van der Waals surface area contributed by atoms with Crippen molar-refractivity contribution in [2.45, 2.75) is 13.0 Å². The number of nitrogens with zero attached hydrogens (tertiary/aromatic N) is 2. The highest BCUT2D eigenvalue weighted by Crippen LogP contribution is 2.18. The lowest BCUT2D eigenvalue weighted by molar-refractivity contribution is 0.320. The van der Waals surface area contributed by atoms with Gasteiger partial charge in [-0.25, -0.2) is 0 Å². The highest BCUT2D eigenvalue weighted by atomic mass is 32.1. The summed E-state index contributed by atoms with van der Waals surface area (Å²) in [6.45, 7) is 4.24. The van der Waals surface area contributed by atoms with Crippen LogP contribution in [0, 0.1) is 5.92 Å². The van der Waals surface area contributed by atoms with Crippen molar-refractivity contribution in [2.24, 2.45) is 11.7 Å². The maximum absolute atomic E-state index is 5.63. The molecule has 2 heterocycles. The Labute approximate surface area is 82.6 Å². The van der Waals surface area contributed by atoms with Crippen molar-refractivity contribution in [3.05, 3.63) is 16.6 Å². The zero-order chi connectivity index (χ0) is 9.10. The van der Waals surface area contributed by atoms with E-state index in [0.717, 1.165) is 19.6 Å². The number of likely N-dealkylation sites (tertiary alicyclic amines) is 1. The average Bonchev–Trinajstić information content (AvgIpc) is 2.76. The van der Waals surface area contributed by atoms with Crippen LogP contribution in [0.2, 0.25) is 0 Å². The predicted octanol–water partition coefficient (Wildman–Crippen LogP) is 0.924. The molecule has 2 rings (SSSR count). The number of nitrogens with two attached hydrogens (primary N) is 1. The third kappa shape index (κ3) is 2.27. The number of hydrogen-bond donors (Lipinski definition) is 1. The van der Waals surface area contributed by atoms with Gasteiger partial charge in [-0.1, -0.05) is 0 Å². The molecule has 1 aromatic heterocycles. The van der Waals surface area contributed by atoms with E-state index >= 15 is 0 Å². The molecule has 0 radical (unpaired) electrons. The minimum Gasteiger partial charge on any atom is -0.330 e. The molecule has 1 aromatic rings. The highest BCUT2D eigenvalue weighted by molar-refractivity contribution is 7.09. The van der Waals surface area contributed by atoms with Crippen LogP contribution in [0.1, 0.15) is 11.3 Å². The van der Waals surface area contributed by atoms with E-state index in [1.54, 1.807) is 11.3 Å². The molecule has 1 aliphatic heterocycles. The van der Waals surface area contributed by atoms with Crippen LogP contribution >= 0.6 is 11.3 Å². The Morgan fingerprint density at radius 3 is 3.23 bits per heavy atom. The molecule has 0 aromatic carbocycles. The van der Waals surface area contributed by atoms with E-state index in [1.165, 1.54) is 17.8 Å². The second kappa shape index (κ2) is 4.17. The molecule has 2 N–H and O–H groups in total. The molecule has 72 valence electrons. The minimum absolute atomic E-state index is 0.716. The summed E-state index contributed by atoms with van der Waals surface area (Å²) in [4.78, 5) is 7.89. The number of hydrogen-bond acceptors (Lipinski definition) is 4. The quantitative estimate of drug-likeness (QED) is 0.783. The molecule has 4 heteroatoms. The standard InChI is InChI=1S/C9H15N3S/c10-3-8-1-2-12(5-8)6-9-4-11-7-13-9/h4,7-8H,1-3,5-6,10H2/t8-/m0/s1. The molecule has 0 saturated carbocycles. The summed E-state index contributed by atoms with van der Waals surface area (Å²) < 4.78 is 0. The number of aromatic nitrogens is 1. The van der Waals surface area contributed by atoms with Gasteiger partial charge >= 0.3 is 0 Å². The van der Waals surface area contributed by atoms with Gasteiger partial charge in [0.25, 0.3) is 0 Å². The van der Waals surface area contributed by atoms with Crippen molar-refractivity contribution in [1.82, 2.24) is 9.88 Å². The Kier molecular flexibility index (Phi) is 2.93. The molecular weight excluding hydrogens is 182 g/mol. The van der Waals surface area contributed by atoms with Crippen LogP contribution in [-0.2, 0) is 6.54 Å². The van der Waals surface area contributed by atoms with Crippen LogP contribution in [0.15, 0.2) is 11.7 Å². The Morgan fingerprint density at radius 1 is 1.69 bits per heavy atom. The van der Waals surface area contributed by atoms with Gasteiger partial charge in [0.1, 0.15) is 0 Å². The molecule has 13 heavy (non-hydrogen) atoms. The fourth-order valence-corrected chi connectivity index (χ4v) is 2.43. The lowest BCUT2D eigenvalue weighted by atomic mass is 10.1. The third-order valence-corrected chi connectivity index (χ3v) is 3.33. The second-order valence-corrected chi connectivity index (χ2v) is 4.56. The zero-order valence-corrected chi connectivity index (χ0v) is 8.46. The van der Waals surface area contributed by atoms with E-state index in [9.17, 15) is 0 Å². The molecule has 3 nitrogen and oxygen atoms in total. The molecule has 1 atom stereocenters. The average molecular weight is 197 g/mol. The second-order valence-electron chi connectivity index (χ2n) is 3.59. The van der Waals surface area contributed by atoms with Gasteiger partial charge < -0.3 is 5.73 Å². The predicted molar refractivity (Wildman–Crippen MR) is 54.6 cm³/mol. The summed E-state index contributed by atoms with van der Waals surface area (Å²) in [6, 6.07) is 0. The first-order chi connectivity index (χ1) is 6.38. The summed E-state index contributed by atoms with van der Waals surface area (Å²) in [6.07, 6.45) is 3.22. The van der Waals surface area contributed by atoms with Crippen molar-refractivity contribution in [3.63, 3.8) is 0 Å². The maximum Gasteiger partial charge on any atom is 0.0794 e. The Bertz CT molecular complexity index is 247. The van der Waals surface area contributed by atoms with Gasteiger partial charge in [-0.15, -0.1) is 11.3 Å². The van der Waals surface area contributed by atoms with E-state index < -0.39 is 0 Å². The molecule has 0 amide bonds. The summed E-state index contributed by atoms with van der Waals surface area (Å²) in [5, 5.41) is 0. The van der Waals surface area contributed by atoms with Gasteiger partial charge in [0.2, 0.25) is 0 Å². The summed E-state index contributed by atoms with van der Waals surface area (Å²) in [5.41, 5.74) is 7.53. The summed E-state index contributed by atoms with van der Waals surface area (Å²) in [7, 11) is 0. The van der Waals surface area contributed by atoms with Crippen LogP contribution in [0.4, 0.5) is 0 Å². The third-order valence-electron chi connectivity index (χ3n) is 2.57. The van der Waals surface area contributed by atoms with Crippen LogP contribution < -0.4 is 5.73 Å². The number of rotatable bonds is 3. The topological polar surface area (TPSA) is 42.1 Å². The minimum atomic E-state index is 0.716. The SMILES string of the molecule is NC[C@@H]1CCN(Cc2cncs2)C1.